The Morgan fingerprint density at radius 2 is 0.413 bits per heavy atom. The highest BCUT2D eigenvalue weighted by Gasteiger charge is 2.06. The first-order valence-corrected chi connectivity index (χ1v) is 21.4. The largest absolute Gasteiger partial charge is 0.396 e. The summed E-state index contributed by atoms with van der Waals surface area (Å²) in [6, 6.07) is 0. The predicted molar refractivity (Wildman–Crippen MR) is 208 cm³/mol. The van der Waals surface area contributed by atoms with Gasteiger partial charge < -0.3 is 20.0 Å². The molecule has 0 radical (unpaired) electrons. The topological polar surface area (TPSA) is 46.9 Å². The van der Waals surface area contributed by atoms with E-state index in [4.69, 9.17) is 10.2 Å². The fourth-order valence-electron chi connectivity index (χ4n) is 6.38. The molecule has 0 aromatic carbocycles. The Balaban J connectivity index is 0. The molecule has 2 N–H and O–H groups in total. The molecule has 0 saturated carbocycles. The maximum absolute atomic E-state index is 8.78. The second kappa shape index (κ2) is 44.8. The quantitative estimate of drug-likeness (QED) is 0.0650. The average molecular weight is 655 g/mol. The SMILES string of the molecule is CCCCCCN(CCCCCC)CCCCCCCCCCO.CCCCCCN(CCCCCC)CCCCCCCCO. The zero-order valence-corrected chi connectivity index (χ0v) is 32.7. The van der Waals surface area contributed by atoms with E-state index in [0.29, 0.717) is 13.2 Å². The molecular weight excluding hydrogens is 564 g/mol. The van der Waals surface area contributed by atoms with Gasteiger partial charge in [-0.15, -0.1) is 0 Å². The first kappa shape index (κ1) is 48.0. The van der Waals surface area contributed by atoms with Gasteiger partial charge in [0.1, 0.15) is 0 Å². The smallest absolute Gasteiger partial charge is 0.0431 e. The summed E-state index contributed by atoms with van der Waals surface area (Å²) in [6.45, 7) is 17.8. The third-order valence-electron chi connectivity index (χ3n) is 9.58. The second-order valence-corrected chi connectivity index (χ2v) is 14.3. The summed E-state index contributed by atoms with van der Waals surface area (Å²) in [5, 5.41) is 17.5. The van der Waals surface area contributed by atoms with Crippen LogP contribution in [0.2, 0.25) is 0 Å². The van der Waals surface area contributed by atoms with Gasteiger partial charge in [-0.05, 0) is 90.6 Å². The summed E-state index contributed by atoms with van der Waals surface area (Å²) in [7, 11) is 0. The van der Waals surface area contributed by atoms with Crippen LogP contribution in [0, 0.1) is 0 Å². The summed E-state index contributed by atoms with van der Waals surface area (Å²) in [4.78, 5) is 5.46. The van der Waals surface area contributed by atoms with E-state index in [0.717, 1.165) is 12.8 Å². The van der Waals surface area contributed by atoms with Gasteiger partial charge in [0.15, 0.2) is 0 Å². The lowest BCUT2D eigenvalue weighted by Crippen LogP contribution is -2.27. The van der Waals surface area contributed by atoms with Crippen molar-refractivity contribution in [1.29, 1.82) is 0 Å². The van der Waals surface area contributed by atoms with Gasteiger partial charge in [0.2, 0.25) is 0 Å². The molecule has 4 heteroatoms. The van der Waals surface area contributed by atoms with Crippen molar-refractivity contribution < 1.29 is 10.2 Å². The van der Waals surface area contributed by atoms with E-state index in [-0.39, 0.29) is 0 Å². The molecule has 0 aliphatic rings. The molecule has 0 aliphatic heterocycles. The third kappa shape index (κ3) is 41.9. The van der Waals surface area contributed by atoms with Crippen LogP contribution in [-0.4, -0.2) is 72.5 Å². The molecule has 0 amide bonds. The van der Waals surface area contributed by atoms with Crippen LogP contribution in [-0.2, 0) is 0 Å². The molecule has 0 aromatic rings. The van der Waals surface area contributed by atoms with Crippen molar-refractivity contribution in [3.05, 3.63) is 0 Å². The van der Waals surface area contributed by atoms with E-state index in [1.807, 2.05) is 0 Å². The predicted octanol–water partition coefficient (Wildman–Crippen LogP) is 12.3. The Hall–Kier alpha value is -0.160. The van der Waals surface area contributed by atoms with Gasteiger partial charge >= 0.3 is 0 Å². The van der Waals surface area contributed by atoms with Crippen molar-refractivity contribution in [3.63, 3.8) is 0 Å². The van der Waals surface area contributed by atoms with Crippen LogP contribution < -0.4 is 0 Å². The molecule has 46 heavy (non-hydrogen) atoms. The Bertz CT molecular complexity index is 480. The van der Waals surface area contributed by atoms with Crippen LogP contribution in [0.5, 0.6) is 0 Å². The summed E-state index contributed by atoms with van der Waals surface area (Å²) in [5.41, 5.74) is 0. The van der Waals surface area contributed by atoms with Crippen LogP contribution >= 0.6 is 0 Å². The van der Waals surface area contributed by atoms with Crippen LogP contribution in [0.25, 0.3) is 0 Å². The average Bonchev–Trinajstić information content (AvgIpc) is 3.07. The molecule has 4 nitrogen and oxygen atoms in total. The van der Waals surface area contributed by atoms with E-state index in [1.54, 1.807) is 0 Å². The molecule has 0 saturated heterocycles. The van der Waals surface area contributed by atoms with Crippen molar-refractivity contribution in [2.24, 2.45) is 0 Å². The second-order valence-electron chi connectivity index (χ2n) is 14.3. The number of rotatable bonds is 38. The fourth-order valence-corrected chi connectivity index (χ4v) is 6.38. The zero-order valence-electron chi connectivity index (χ0n) is 32.7. The standard InChI is InChI=1S/C22H47NO.C20H43NO/c1-3-5-7-15-19-23(20-16-8-6-4-2)21-17-13-11-9-10-12-14-18-22-24;1-3-5-7-13-17-21(18-14-8-6-4-2)19-15-11-9-10-12-16-20-22/h24H,3-22H2,1-2H3;22H,3-20H2,1-2H3. The molecule has 0 rings (SSSR count). The molecule has 0 heterocycles. The van der Waals surface area contributed by atoms with Gasteiger partial charge in [-0.1, -0.05) is 169 Å². The van der Waals surface area contributed by atoms with E-state index < -0.39 is 0 Å². The number of unbranched alkanes of at least 4 members (excludes halogenated alkanes) is 24. The van der Waals surface area contributed by atoms with Crippen LogP contribution in [0.15, 0.2) is 0 Å². The molecular formula is C42H90N2O2. The van der Waals surface area contributed by atoms with Crippen molar-refractivity contribution in [2.45, 2.75) is 220 Å². The summed E-state index contributed by atoms with van der Waals surface area (Å²) in [5.74, 6) is 0. The lowest BCUT2D eigenvalue weighted by Gasteiger charge is -2.22. The first-order valence-electron chi connectivity index (χ1n) is 21.4. The maximum Gasteiger partial charge on any atom is 0.0431 e. The highest BCUT2D eigenvalue weighted by Crippen LogP contribution is 2.12. The summed E-state index contributed by atoms with van der Waals surface area (Å²) < 4.78 is 0. The molecule has 280 valence electrons. The lowest BCUT2D eigenvalue weighted by molar-refractivity contribution is 0.254. The van der Waals surface area contributed by atoms with Crippen molar-refractivity contribution in [3.8, 4) is 0 Å². The minimum Gasteiger partial charge on any atom is -0.396 e. The first-order chi connectivity index (χ1) is 22.7. The number of aliphatic hydroxyl groups is 2. The molecule has 0 spiro atoms. The van der Waals surface area contributed by atoms with E-state index in [1.165, 1.54) is 219 Å². The zero-order chi connectivity index (χ0) is 34.0. The molecule has 0 bridgehead atoms. The van der Waals surface area contributed by atoms with Crippen molar-refractivity contribution in [1.82, 2.24) is 9.80 Å². The van der Waals surface area contributed by atoms with E-state index in [2.05, 4.69) is 37.5 Å². The fraction of sp³-hybridized carbons (Fsp3) is 1.00. The van der Waals surface area contributed by atoms with Gasteiger partial charge in [0.25, 0.3) is 0 Å². The highest BCUT2D eigenvalue weighted by atomic mass is 16.3. The van der Waals surface area contributed by atoms with Gasteiger partial charge in [-0.2, -0.15) is 0 Å². The lowest BCUT2D eigenvalue weighted by atomic mass is 10.1. The molecule has 0 aromatic heterocycles. The van der Waals surface area contributed by atoms with Crippen LogP contribution in [0.4, 0.5) is 0 Å². The minimum absolute atomic E-state index is 0.364. The third-order valence-corrected chi connectivity index (χ3v) is 9.58. The molecule has 0 atom stereocenters. The Labute approximate surface area is 292 Å². The van der Waals surface area contributed by atoms with Gasteiger partial charge in [-0.25, -0.2) is 0 Å². The number of nitrogens with zero attached hydrogens (tertiary/aromatic N) is 2. The Morgan fingerprint density at radius 1 is 0.239 bits per heavy atom. The molecule has 0 fully saturated rings. The summed E-state index contributed by atoms with van der Waals surface area (Å²) >= 11 is 0. The normalized spacial score (nSPS) is 11.5. The summed E-state index contributed by atoms with van der Waals surface area (Å²) in [6.07, 6.45) is 40.2. The van der Waals surface area contributed by atoms with Gasteiger partial charge in [-0.3, -0.25) is 0 Å². The highest BCUT2D eigenvalue weighted by molar-refractivity contribution is 4.61. The maximum atomic E-state index is 8.78. The number of hydrogen-bond donors (Lipinski definition) is 2. The Kier molecular flexibility index (Phi) is 46.7. The minimum atomic E-state index is 0.364. The van der Waals surface area contributed by atoms with Crippen molar-refractivity contribution in [2.75, 3.05) is 52.5 Å². The monoisotopic (exact) mass is 655 g/mol. The van der Waals surface area contributed by atoms with Gasteiger partial charge in [0, 0.05) is 13.2 Å². The van der Waals surface area contributed by atoms with E-state index in [9.17, 15) is 0 Å². The van der Waals surface area contributed by atoms with Crippen LogP contribution in [0.1, 0.15) is 220 Å². The van der Waals surface area contributed by atoms with Crippen LogP contribution in [0.3, 0.4) is 0 Å². The molecule has 0 unspecified atom stereocenters. The van der Waals surface area contributed by atoms with Crippen molar-refractivity contribution >= 4 is 0 Å². The number of aliphatic hydroxyl groups excluding tert-OH is 2. The molecule has 0 aliphatic carbocycles. The number of hydrogen-bond acceptors (Lipinski definition) is 4. The van der Waals surface area contributed by atoms with E-state index >= 15 is 0 Å². The van der Waals surface area contributed by atoms with Gasteiger partial charge in [0.05, 0.1) is 0 Å². The Morgan fingerprint density at radius 3 is 0.609 bits per heavy atom.